The van der Waals surface area contributed by atoms with Crippen molar-refractivity contribution in [1.29, 1.82) is 0 Å². The highest BCUT2D eigenvalue weighted by Gasteiger charge is 2.16. The molecule has 1 aromatic carbocycles. The Morgan fingerprint density at radius 2 is 1.81 bits per heavy atom. The third-order valence-electron chi connectivity index (χ3n) is 3.35. The largest absolute Gasteiger partial charge is 0.463 e. The summed E-state index contributed by atoms with van der Waals surface area (Å²) in [7, 11) is 4.60. The molecular formula is C18H19NO6S. The second kappa shape index (κ2) is 9.10. The molecule has 1 amide bonds. The van der Waals surface area contributed by atoms with Crippen molar-refractivity contribution < 1.29 is 28.3 Å². The summed E-state index contributed by atoms with van der Waals surface area (Å²) in [5.41, 5.74) is 0.365. The van der Waals surface area contributed by atoms with E-state index < -0.39 is 11.9 Å². The number of hydrogen-bond donors (Lipinski definition) is 0. The molecule has 138 valence electrons. The lowest BCUT2D eigenvalue weighted by Gasteiger charge is -2.11. The molecule has 0 saturated carbocycles. The third-order valence-corrected chi connectivity index (χ3v) is 4.41. The highest BCUT2D eigenvalue weighted by molar-refractivity contribution is 8.00. The fraction of sp³-hybridized carbons (Fsp3) is 0.278. The fourth-order valence-electron chi connectivity index (χ4n) is 1.91. The van der Waals surface area contributed by atoms with E-state index in [2.05, 4.69) is 4.74 Å². The zero-order chi connectivity index (χ0) is 19.1. The quantitative estimate of drug-likeness (QED) is 0.541. The van der Waals surface area contributed by atoms with Crippen LogP contribution in [-0.2, 0) is 20.9 Å². The van der Waals surface area contributed by atoms with Crippen LogP contribution >= 0.6 is 11.8 Å². The minimum absolute atomic E-state index is 0.0386. The molecule has 0 radical (unpaired) electrons. The number of esters is 2. The number of amides is 1. The predicted molar refractivity (Wildman–Crippen MR) is 95.0 cm³/mol. The van der Waals surface area contributed by atoms with Crippen LogP contribution in [0, 0.1) is 0 Å². The van der Waals surface area contributed by atoms with Crippen LogP contribution in [0.5, 0.6) is 0 Å². The van der Waals surface area contributed by atoms with Gasteiger partial charge in [0.25, 0.3) is 0 Å². The van der Waals surface area contributed by atoms with E-state index in [1.807, 2.05) is 0 Å². The van der Waals surface area contributed by atoms with Gasteiger partial charge < -0.3 is 18.8 Å². The molecule has 0 spiro atoms. The zero-order valence-electron chi connectivity index (χ0n) is 14.7. The predicted octanol–water partition coefficient (Wildman–Crippen LogP) is 2.60. The Labute approximate surface area is 155 Å². The number of carbonyl (C=O) groups is 3. The molecule has 0 atom stereocenters. The Kier molecular flexibility index (Phi) is 6.85. The van der Waals surface area contributed by atoms with Crippen LogP contribution in [0.2, 0.25) is 0 Å². The molecule has 26 heavy (non-hydrogen) atoms. The molecule has 1 heterocycles. The summed E-state index contributed by atoms with van der Waals surface area (Å²) in [6.45, 7) is -0.120. The number of benzene rings is 1. The van der Waals surface area contributed by atoms with Crippen LogP contribution in [-0.4, -0.2) is 49.7 Å². The van der Waals surface area contributed by atoms with E-state index in [-0.39, 0.29) is 24.0 Å². The number of thioether (sulfide) groups is 1. The van der Waals surface area contributed by atoms with Gasteiger partial charge >= 0.3 is 11.9 Å². The number of hydrogen-bond acceptors (Lipinski definition) is 7. The first-order valence-corrected chi connectivity index (χ1v) is 8.67. The first kappa shape index (κ1) is 19.6. The standard InChI is InChI=1S/C18H19NO6S/c1-19(2)16(20)11-26-15-7-5-4-6-13(15)17(21)24-10-12-8-9-14(25-12)18(22)23-3/h4-9H,10-11H2,1-3H3. The van der Waals surface area contributed by atoms with Gasteiger partial charge in [-0.15, -0.1) is 11.8 Å². The maximum absolute atomic E-state index is 12.4. The van der Waals surface area contributed by atoms with Gasteiger partial charge in [0.15, 0.2) is 0 Å². The van der Waals surface area contributed by atoms with Crippen LogP contribution < -0.4 is 0 Å². The summed E-state index contributed by atoms with van der Waals surface area (Å²) in [6, 6.07) is 9.88. The molecule has 0 fully saturated rings. The van der Waals surface area contributed by atoms with Crippen molar-refractivity contribution in [2.75, 3.05) is 27.0 Å². The zero-order valence-corrected chi connectivity index (χ0v) is 15.5. The van der Waals surface area contributed by atoms with Crippen molar-refractivity contribution in [1.82, 2.24) is 4.90 Å². The van der Waals surface area contributed by atoms with Crippen LogP contribution in [0.4, 0.5) is 0 Å². The summed E-state index contributed by atoms with van der Waals surface area (Å²) in [4.78, 5) is 37.6. The highest BCUT2D eigenvalue weighted by Crippen LogP contribution is 2.24. The van der Waals surface area contributed by atoms with Crippen molar-refractivity contribution in [3.05, 3.63) is 53.5 Å². The van der Waals surface area contributed by atoms with Gasteiger partial charge in [-0.25, -0.2) is 9.59 Å². The topological polar surface area (TPSA) is 86.0 Å². The lowest BCUT2D eigenvalue weighted by atomic mass is 10.2. The second-order valence-corrected chi connectivity index (χ2v) is 6.42. The average Bonchev–Trinajstić information content (AvgIpc) is 3.12. The average molecular weight is 377 g/mol. The fourth-order valence-corrected chi connectivity index (χ4v) is 2.93. The molecule has 2 rings (SSSR count). The van der Waals surface area contributed by atoms with E-state index in [1.54, 1.807) is 38.4 Å². The lowest BCUT2D eigenvalue weighted by molar-refractivity contribution is -0.125. The molecule has 0 saturated heterocycles. The SMILES string of the molecule is COC(=O)c1ccc(COC(=O)c2ccccc2SCC(=O)N(C)C)o1. The number of carbonyl (C=O) groups excluding carboxylic acids is 3. The Hall–Kier alpha value is -2.74. The van der Waals surface area contributed by atoms with E-state index in [4.69, 9.17) is 9.15 Å². The number of furan rings is 1. The molecule has 7 nitrogen and oxygen atoms in total. The normalized spacial score (nSPS) is 10.3. The molecule has 0 aliphatic carbocycles. The highest BCUT2D eigenvalue weighted by atomic mass is 32.2. The molecule has 0 bridgehead atoms. The van der Waals surface area contributed by atoms with E-state index >= 15 is 0 Å². The Balaban J connectivity index is 2.00. The first-order valence-electron chi connectivity index (χ1n) is 7.68. The molecule has 1 aromatic heterocycles. The Morgan fingerprint density at radius 3 is 2.50 bits per heavy atom. The third kappa shape index (κ3) is 5.13. The summed E-state index contributed by atoms with van der Waals surface area (Å²) >= 11 is 1.27. The van der Waals surface area contributed by atoms with Crippen LogP contribution in [0.3, 0.4) is 0 Å². The van der Waals surface area contributed by atoms with Crippen molar-refractivity contribution >= 4 is 29.6 Å². The summed E-state index contributed by atoms with van der Waals surface area (Å²) < 4.78 is 15.0. The van der Waals surface area contributed by atoms with E-state index in [1.165, 1.54) is 35.9 Å². The monoisotopic (exact) mass is 377 g/mol. The van der Waals surface area contributed by atoms with Gasteiger partial charge in [-0.2, -0.15) is 0 Å². The molecule has 0 aliphatic rings. The van der Waals surface area contributed by atoms with Gasteiger partial charge in [-0.3, -0.25) is 4.79 Å². The molecular weight excluding hydrogens is 358 g/mol. The summed E-state index contributed by atoms with van der Waals surface area (Å²) in [5, 5.41) is 0. The summed E-state index contributed by atoms with van der Waals surface area (Å²) in [5.74, 6) is -0.610. The Morgan fingerprint density at radius 1 is 1.08 bits per heavy atom. The number of methoxy groups -OCH3 is 1. The smallest absolute Gasteiger partial charge is 0.373 e. The van der Waals surface area contributed by atoms with Crippen LogP contribution in [0.25, 0.3) is 0 Å². The maximum atomic E-state index is 12.4. The van der Waals surface area contributed by atoms with Gasteiger partial charge in [0.05, 0.1) is 18.4 Å². The number of ether oxygens (including phenoxy) is 2. The Bertz CT molecular complexity index is 798. The number of rotatable bonds is 7. The van der Waals surface area contributed by atoms with E-state index in [0.717, 1.165) is 0 Å². The second-order valence-electron chi connectivity index (χ2n) is 5.41. The van der Waals surface area contributed by atoms with Gasteiger partial charge in [-0.1, -0.05) is 12.1 Å². The molecule has 0 N–H and O–H groups in total. The lowest BCUT2D eigenvalue weighted by Crippen LogP contribution is -2.23. The molecule has 0 unspecified atom stereocenters. The van der Waals surface area contributed by atoms with Gasteiger partial charge in [-0.05, 0) is 24.3 Å². The van der Waals surface area contributed by atoms with E-state index in [9.17, 15) is 14.4 Å². The van der Waals surface area contributed by atoms with Gasteiger partial charge in [0, 0.05) is 19.0 Å². The maximum Gasteiger partial charge on any atom is 0.373 e. The van der Waals surface area contributed by atoms with Crippen LogP contribution in [0.15, 0.2) is 45.7 Å². The van der Waals surface area contributed by atoms with Crippen LogP contribution in [0.1, 0.15) is 26.7 Å². The van der Waals surface area contributed by atoms with Gasteiger partial charge in [0.1, 0.15) is 12.4 Å². The van der Waals surface area contributed by atoms with Crippen molar-refractivity contribution in [2.45, 2.75) is 11.5 Å². The molecule has 8 heteroatoms. The van der Waals surface area contributed by atoms with Gasteiger partial charge in [0.2, 0.25) is 11.7 Å². The first-order chi connectivity index (χ1) is 12.4. The minimum atomic E-state index is -0.602. The van der Waals surface area contributed by atoms with Crippen molar-refractivity contribution in [3.8, 4) is 0 Å². The van der Waals surface area contributed by atoms with Crippen molar-refractivity contribution in [2.24, 2.45) is 0 Å². The number of nitrogens with zero attached hydrogens (tertiary/aromatic N) is 1. The molecule has 2 aromatic rings. The van der Waals surface area contributed by atoms with Crippen molar-refractivity contribution in [3.63, 3.8) is 0 Å². The summed E-state index contributed by atoms with van der Waals surface area (Å²) in [6.07, 6.45) is 0. The minimum Gasteiger partial charge on any atom is -0.463 e. The van der Waals surface area contributed by atoms with E-state index in [0.29, 0.717) is 16.2 Å². The molecule has 0 aliphatic heterocycles.